The first-order valence-corrected chi connectivity index (χ1v) is 7.89. The molecular weight excluding hydrogens is 389 g/mol. The summed E-state index contributed by atoms with van der Waals surface area (Å²) < 4.78 is 5.64. The molecule has 4 N–H and O–H groups in total. The maximum atomic E-state index is 11.5. The van der Waals surface area contributed by atoms with Crippen molar-refractivity contribution in [3.05, 3.63) is 77.7 Å². The van der Waals surface area contributed by atoms with Gasteiger partial charge in [0, 0.05) is 29.3 Å². The molecule has 3 aromatic rings. The number of benzene rings is 1. The number of carbonyl (C=O) groups is 1. The molecule has 0 saturated carbocycles. The summed E-state index contributed by atoms with van der Waals surface area (Å²) in [4.78, 5) is 18.6. The number of rotatable bonds is 7. The number of nitrogens with two attached hydrogens (primary N) is 1. The second kappa shape index (κ2) is 10.7. The molecule has 2 aromatic heterocycles. The summed E-state index contributed by atoms with van der Waals surface area (Å²) in [6.07, 6.45) is 3.30. The third-order valence-electron chi connectivity index (χ3n) is 3.85. The van der Waals surface area contributed by atoms with Crippen LogP contribution in [-0.2, 0) is 11.3 Å². The number of aromatic carboxylic acids is 1. The number of nitrogens with zero attached hydrogens (tertiary/aromatic N) is 1. The smallest absolute Gasteiger partial charge is 0.337 e. The van der Waals surface area contributed by atoms with Gasteiger partial charge in [-0.25, -0.2) is 4.79 Å². The Hall–Kier alpha value is -2.38. The van der Waals surface area contributed by atoms with E-state index in [-0.39, 0.29) is 37.0 Å². The number of carboxylic acid groups (broad SMARTS) is 1. The lowest BCUT2D eigenvalue weighted by atomic mass is 10.1. The average Bonchev–Trinajstić information content (AvgIpc) is 3.09. The molecule has 6 nitrogen and oxygen atoms in total. The lowest BCUT2D eigenvalue weighted by Crippen LogP contribution is -2.20. The molecule has 0 radical (unpaired) electrons. The van der Waals surface area contributed by atoms with Gasteiger partial charge in [0.15, 0.2) is 0 Å². The molecule has 0 amide bonds. The highest BCUT2D eigenvalue weighted by Crippen LogP contribution is 2.25. The summed E-state index contributed by atoms with van der Waals surface area (Å²) in [6.45, 7) is 0.639. The predicted molar refractivity (Wildman–Crippen MR) is 109 cm³/mol. The zero-order valence-electron chi connectivity index (χ0n) is 14.4. The Morgan fingerprint density at radius 2 is 1.81 bits per heavy atom. The Morgan fingerprint density at radius 1 is 1.15 bits per heavy atom. The molecule has 0 spiro atoms. The van der Waals surface area contributed by atoms with Crippen LogP contribution in [0, 0.1) is 0 Å². The van der Waals surface area contributed by atoms with E-state index < -0.39 is 12.0 Å². The third-order valence-corrected chi connectivity index (χ3v) is 3.85. The van der Waals surface area contributed by atoms with Gasteiger partial charge < -0.3 is 20.6 Å². The maximum absolute atomic E-state index is 11.5. The molecule has 2 heterocycles. The molecule has 27 heavy (non-hydrogen) atoms. The number of carboxylic acids is 1. The Morgan fingerprint density at radius 3 is 2.44 bits per heavy atom. The van der Waals surface area contributed by atoms with Crippen LogP contribution in [-0.4, -0.2) is 27.7 Å². The lowest BCUT2D eigenvalue weighted by Gasteiger charge is -2.12. The van der Waals surface area contributed by atoms with E-state index in [0.717, 1.165) is 11.1 Å². The number of ether oxygens (including phenoxy) is 1. The van der Waals surface area contributed by atoms with E-state index in [1.165, 1.54) is 0 Å². The largest absolute Gasteiger partial charge is 0.478 e. The number of aromatic nitrogens is 2. The van der Waals surface area contributed by atoms with Crippen LogP contribution in [0.15, 0.2) is 60.9 Å². The molecular formula is C19H21Cl2N3O3. The van der Waals surface area contributed by atoms with E-state index >= 15 is 0 Å². The zero-order chi connectivity index (χ0) is 17.6. The summed E-state index contributed by atoms with van der Waals surface area (Å²) in [5.74, 6) is -1.02. The fourth-order valence-corrected chi connectivity index (χ4v) is 2.59. The Bertz CT molecular complexity index is 842. The van der Waals surface area contributed by atoms with E-state index in [1.54, 1.807) is 30.6 Å². The van der Waals surface area contributed by atoms with Crippen LogP contribution < -0.4 is 5.73 Å². The predicted octanol–water partition coefficient (Wildman–Crippen LogP) is 3.84. The van der Waals surface area contributed by atoms with E-state index in [0.29, 0.717) is 18.0 Å². The molecule has 1 aromatic carbocycles. The molecule has 0 saturated heterocycles. The highest BCUT2D eigenvalue weighted by molar-refractivity contribution is 5.91. The quantitative estimate of drug-likeness (QED) is 0.550. The van der Waals surface area contributed by atoms with Gasteiger partial charge in [-0.2, -0.15) is 0 Å². The van der Waals surface area contributed by atoms with Crippen LogP contribution in [0.1, 0.15) is 27.7 Å². The summed E-state index contributed by atoms with van der Waals surface area (Å²) in [7, 11) is 0. The van der Waals surface area contributed by atoms with Gasteiger partial charge in [-0.05, 0) is 23.8 Å². The Balaban J connectivity index is 0.00000182. The zero-order valence-corrected chi connectivity index (χ0v) is 16.0. The van der Waals surface area contributed by atoms with Gasteiger partial charge in [0.2, 0.25) is 0 Å². The van der Waals surface area contributed by atoms with Gasteiger partial charge in [-0.15, -0.1) is 24.8 Å². The third kappa shape index (κ3) is 5.80. The fourth-order valence-electron chi connectivity index (χ4n) is 2.59. The topological polar surface area (TPSA) is 101 Å². The SMILES string of the molecule is Cl.Cl.NC(COCc1ccccc1)c1[nH]c(-c2ccncc2)cc1C(=O)O. The van der Waals surface area contributed by atoms with E-state index in [1.807, 2.05) is 30.3 Å². The van der Waals surface area contributed by atoms with Gasteiger partial charge in [0.25, 0.3) is 0 Å². The minimum Gasteiger partial charge on any atom is -0.478 e. The molecule has 0 aliphatic rings. The number of nitrogens with one attached hydrogen (secondary N) is 1. The molecule has 1 unspecified atom stereocenters. The van der Waals surface area contributed by atoms with Gasteiger partial charge in [-0.1, -0.05) is 30.3 Å². The van der Waals surface area contributed by atoms with Crippen molar-refractivity contribution in [1.29, 1.82) is 0 Å². The summed E-state index contributed by atoms with van der Waals surface area (Å²) in [5.41, 5.74) is 9.34. The highest BCUT2D eigenvalue weighted by atomic mass is 35.5. The van der Waals surface area contributed by atoms with Crippen molar-refractivity contribution in [2.45, 2.75) is 12.6 Å². The van der Waals surface area contributed by atoms with Gasteiger partial charge in [0.05, 0.1) is 24.8 Å². The van der Waals surface area contributed by atoms with Gasteiger partial charge in [-0.3, -0.25) is 4.98 Å². The number of aromatic amines is 1. The number of hydrogen-bond acceptors (Lipinski definition) is 4. The standard InChI is InChI=1S/C19H19N3O3.2ClH/c20-16(12-25-11-13-4-2-1-3-5-13)18-15(19(23)24)10-17(22-18)14-6-8-21-9-7-14;;/h1-10,16,22H,11-12,20H2,(H,23,24);2*1H. The van der Waals surface area contributed by atoms with E-state index in [4.69, 9.17) is 10.5 Å². The van der Waals surface area contributed by atoms with Crippen molar-refractivity contribution in [2.75, 3.05) is 6.61 Å². The lowest BCUT2D eigenvalue weighted by molar-refractivity contribution is 0.0692. The Kier molecular flexibility index (Phi) is 8.97. The second-order valence-corrected chi connectivity index (χ2v) is 5.66. The van der Waals surface area contributed by atoms with Crippen molar-refractivity contribution < 1.29 is 14.6 Å². The summed E-state index contributed by atoms with van der Waals surface area (Å²) >= 11 is 0. The second-order valence-electron chi connectivity index (χ2n) is 5.66. The van der Waals surface area contributed by atoms with Crippen LogP contribution in [0.3, 0.4) is 0 Å². The first-order valence-electron chi connectivity index (χ1n) is 7.89. The highest BCUT2D eigenvalue weighted by Gasteiger charge is 2.20. The van der Waals surface area contributed by atoms with Crippen LogP contribution in [0.4, 0.5) is 0 Å². The first-order chi connectivity index (χ1) is 12.1. The van der Waals surface area contributed by atoms with Gasteiger partial charge in [0.1, 0.15) is 0 Å². The maximum Gasteiger partial charge on any atom is 0.337 e. The molecule has 0 fully saturated rings. The average molecular weight is 410 g/mol. The van der Waals surface area contributed by atoms with Crippen molar-refractivity contribution in [3.63, 3.8) is 0 Å². The summed E-state index contributed by atoms with van der Waals surface area (Å²) in [5, 5.41) is 9.45. The fraction of sp³-hybridized carbons (Fsp3) is 0.158. The number of halogens is 2. The Labute approximate surface area is 169 Å². The molecule has 3 rings (SSSR count). The van der Waals surface area contributed by atoms with Crippen molar-refractivity contribution >= 4 is 30.8 Å². The van der Waals surface area contributed by atoms with Crippen LogP contribution in [0.25, 0.3) is 11.3 Å². The van der Waals surface area contributed by atoms with Crippen molar-refractivity contribution in [2.24, 2.45) is 5.73 Å². The minimum atomic E-state index is -1.02. The monoisotopic (exact) mass is 409 g/mol. The van der Waals surface area contributed by atoms with Crippen LogP contribution in [0.5, 0.6) is 0 Å². The van der Waals surface area contributed by atoms with Gasteiger partial charge >= 0.3 is 5.97 Å². The van der Waals surface area contributed by atoms with Crippen molar-refractivity contribution in [3.8, 4) is 11.3 Å². The molecule has 144 valence electrons. The molecule has 1 atom stereocenters. The summed E-state index contributed by atoms with van der Waals surface area (Å²) in [6, 6.07) is 14.4. The van der Waals surface area contributed by atoms with Crippen molar-refractivity contribution in [1.82, 2.24) is 9.97 Å². The van der Waals surface area contributed by atoms with Crippen LogP contribution >= 0.6 is 24.8 Å². The molecule has 0 bridgehead atoms. The number of pyridine rings is 1. The van der Waals surface area contributed by atoms with E-state index in [9.17, 15) is 9.90 Å². The molecule has 0 aliphatic heterocycles. The normalized spacial score (nSPS) is 11.1. The van der Waals surface area contributed by atoms with Crippen LogP contribution in [0.2, 0.25) is 0 Å². The molecule has 0 aliphatic carbocycles. The minimum absolute atomic E-state index is 0. The molecule has 8 heteroatoms. The number of hydrogen-bond donors (Lipinski definition) is 3. The number of H-pyrrole nitrogens is 1. The first kappa shape index (κ1) is 22.7. The van der Waals surface area contributed by atoms with E-state index in [2.05, 4.69) is 9.97 Å².